The minimum absolute atomic E-state index is 0.00150. The SMILES string of the molecule is O=C([C@H](O)CS(=O)(=O)C1(Cl)C=Cc2ccccc2C1)N1CCC(N2Cc3ccccc3C2=O)CC1. The van der Waals surface area contributed by atoms with Crippen LogP contribution >= 0.6 is 11.6 Å². The molecule has 2 aromatic rings. The average molecular weight is 515 g/mol. The Hall–Kier alpha value is -2.68. The first-order chi connectivity index (χ1) is 16.7. The number of aliphatic hydroxyl groups excluding tert-OH is 1. The Morgan fingerprint density at radius 2 is 1.74 bits per heavy atom. The van der Waals surface area contributed by atoms with Crippen LogP contribution < -0.4 is 0 Å². The van der Waals surface area contributed by atoms with Crippen molar-refractivity contribution in [1.29, 1.82) is 0 Å². The summed E-state index contributed by atoms with van der Waals surface area (Å²) in [6.07, 6.45) is 2.62. The molecule has 0 spiro atoms. The molecule has 1 N–H and O–H groups in total. The molecule has 0 saturated carbocycles. The summed E-state index contributed by atoms with van der Waals surface area (Å²) in [5.74, 6) is -1.36. The van der Waals surface area contributed by atoms with Gasteiger partial charge in [-0.3, -0.25) is 9.59 Å². The largest absolute Gasteiger partial charge is 0.382 e. The number of carbonyl (C=O) groups excluding carboxylic acids is 2. The lowest BCUT2D eigenvalue weighted by Gasteiger charge is -2.37. The summed E-state index contributed by atoms with van der Waals surface area (Å²) >= 11 is 6.52. The van der Waals surface area contributed by atoms with Crippen molar-refractivity contribution >= 4 is 39.3 Å². The highest BCUT2D eigenvalue weighted by Crippen LogP contribution is 2.36. The summed E-state index contributed by atoms with van der Waals surface area (Å²) in [5.41, 5.74) is 3.43. The third kappa shape index (κ3) is 4.39. The van der Waals surface area contributed by atoms with Gasteiger partial charge in [0.25, 0.3) is 11.8 Å². The van der Waals surface area contributed by atoms with Crippen molar-refractivity contribution in [3.8, 4) is 0 Å². The lowest BCUT2D eigenvalue weighted by Crippen LogP contribution is -2.51. The van der Waals surface area contributed by atoms with E-state index < -0.39 is 31.8 Å². The molecule has 1 saturated heterocycles. The number of alkyl halides is 1. The molecule has 2 heterocycles. The van der Waals surface area contributed by atoms with Gasteiger partial charge in [0.15, 0.2) is 14.0 Å². The van der Waals surface area contributed by atoms with Crippen LogP contribution in [0.15, 0.2) is 54.6 Å². The van der Waals surface area contributed by atoms with Gasteiger partial charge in [-0.25, -0.2) is 8.42 Å². The van der Waals surface area contributed by atoms with E-state index in [1.54, 1.807) is 6.08 Å². The van der Waals surface area contributed by atoms with E-state index in [4.69, 9.17) is 11.6 Å². The minimum atomic E-state index is -4.04. The average Bonchev–Trinajstić information content (AvgIpc) is 3.19. The van der Waals surface area contributed by atoms with E-state index in [-0.39, 0.29) is 18.4 Å². The van der Waals surface area contributed by atoms with Gasteiger partial charge in [-0.15, -0.1) is 0 Å². The predicted octanol–water partition coefficient (Wildman–Crippen LogP) is 2.61. The number of aliphatic hydroxyl groups is 1. The van der Waals surface area contributed by atoms with Crippen molar-refractivity contribution in [2.45, 2.75) is 42.2 Å². The number of carbonyl (C=O) groups is 2. The van der Waals surface area contributed by atoms with E-state index in [9.17, 15) is 23.1 Å². The molecule has 35 heavy (non-hydrogen) atoms. The number of hydrogen-bond acceptors (Lipinski definition) is 5. The summed E-state index contributed by atoms with van der Waals surface area (Å²) < 4.78 is 24.5. The number of hydrogen-bond donors (Lipinski definition) is 1. The maximum absolute atomic E-state index is 13.1. The molecule has 0 radical (unpaired) electrons. The van der Waals surface area contributed by atoms with E-state index >= 15 is 0 Å². The molecule has 2 atom stereocenters. The maximum Gasteiger partial charge on any atom is 0.254 e. The van der Waals surface area contributed by atoms with Crippen LogP contribution in [-0.2, 0) is 27.6 Å². The van der Waals surface area contributed by atoms with Crippen molar-refractivity contribution in [2.75, 3.05) is 18.8 Å². The number of nitrogens with zero attached hydrogens (tertiary/aromatic N) is 2. The first-order valence-corrected chi connectivity index (χ1v) is 13.8. The van der Waals surface area contributed by atoms with Crippen molar-refractivity contribution in [2.24, 2.45) is 0 Å². The zero-order valence-electron chi connectivity index (χ0n) is 19.1. The Morgan fingerprint density at radius 1 is 1.09 bits per heavy atom. The molecular weight excluding hydrogens is 488 g/mol. The van der Waals surface area contributed by atoms with Crippen LogP contribution in [-0.4, -0.2) is 70.3 Å². The lowest BCUT2D eigenvalue weighted by molar-refractivity contribution is -0.140. The monoisotopic (exact) mass is 514 g/mol. The van der Waals surface area contributed by atoms with Crippen molar-refractivity contribution < 1.29 is 23.1 Å². The number of sulfone groups is 1. The van der Waals surface area contributed by atoms with Gasteiger partial charge in [-0.1, -0.05) is 60.1 Å². The Labute approximate surface area is 209 Å². The van der Waals surface area contributed by atoms with E-state index in [2.05, 4.69) is 0 Å². The van der Waals surface area contributed by atoms with Crippen LogP contribution in [0.25, 0.3) is 6.08 Å². The third-order valence-electron chi connectivity index (χ3n) is 7.24. The maximum atomic E-state index is 13.1. The quantitative estimate of drug-likeness (QED) is 0.619. The molecule has 2 amide bonds. The van der Waals surface area contributed by atoms with Gasteiger partial charge in [-0.2, -0.15) is 0 Å². The molecule has 3 aliphatic rings. The fraction of sp³-hybridized carbons (Fsp3) is 0.385. The van der Waals surface area contributed by atoms with Crippen LogP contribution in [0.3, 0.4) is 0 Å². The standard InChI is InChI=1S/C26H27ClN2O5S/c27-26(12-9-18-5-1-2-6-19(18)15-26)35(33,34)17-23(30)25(32)28-13-10-21(11-14-28)29-16-20-7-3-4-8-22(20)24(29)31/h1-9,12,21,23,30H,10-11,13-17H2/t23-,26?/m1/s1. The molecule has 1 unspecified atom stereocenters. The zero-order valence-corrected chi connectivity index (χ0v) is 20.7. The molecule has 1 fully saturated rings. The molecule has 7 nitrogen and oxygen atoms in total. The number of halogens is 1. The molecule has 5 rings (SSSR count). The first kappa shape index (κ1) is 24.0. The highest BCUT2D eigenvalue weighted by molar-refractivity contribution is 7.94. The highest BCUT2D eigenvalue weighted by atomic mass is 35.5. The molecular formula is C26H27ClN2O5S. The Bertz CT molecular complexity index is 1300. The summed E-state index contributed by atoms with van der Waals surface area (Å²) in [6.45, 7) is 1.25. The van der Waals surface area contributed by atoms with Crippen LogP contribution in [0.5, 0.6) is 0 Å². The van der Waals surface area contributed by atoms with Gasteiger partial charge in [0, 0.05) is 37.7 Å². The molecule has 184 valence electrons. The molecule has 0 bridgehead atoms. The minimum Gasteiger partial charge on any atom is -0.382 e. The zero-order chi connectivity index (χ0) is 24.8. The Balaban J connectivity index is 1.19. The number of piperidine rings is 1. The van der Waals surface area contributed by atoms with Crippen LogP contribution in [0.1, 0.15) is 39.9 Å². The topological polar surface area (TPSA) is 95.0 Å². The fourth-order valence-corrected chi connectivity index (χ4v) is 7.08. The fourth-order valence-electron chi connectivity index (χ4n) is 5.20. The van der Waals surface area contributed by atoms with Crippen LogP contribution in [0.2, 0.25) is 0 Å². The molecule has 1 aliphatic carbocycles. The molecule has 9 heteroatoms. The Morgan fingerprint density at radius 3 is 2.46 bits per heavy atom. The van der Waals surface area contributed by atoms with Gasteiger partial charge >= 0.3 is 0 Å². The summed E-state index contributed by atoms with van der Waals surface area (Å²) in [5, 5.41) is 10.6. The van der Waals surface area contributed by atoms with E-state index in [0.717, 1.165) is 22.3 Å². The van der Waals surface area contributed by atoms with Gasteiger partial charge in [0.05, 0.1) is 5.75 Å². The second kappa shape index (κ2) is 9.08. The molecule has 0 aromatic heterocycles. The van der Waals surface area contributed by atoms with E-state index in [1.165, 1.54) is 11.0 Å². The highest BCUT2D eigenvalue weighted by Gasteiger charge is 2.44. The number of fused-ring (bicyclic) bond motifs is 2. The first-order valence-electron chi connectivity index (χ1n) is 11.7. The van der Waals surface area contributed by atoms with E-state index in [1.807, 2.05) is 53.4 Å². The molecule has 2 aliphatic heterocycles. The number of amides is 2. The Kier molecular flexibility index (Phi) is 6.23. The summed E-state index contributed by atoms with van der Waals surface area (Å²) in [7, 11) is -4.04. The van der Waals surface area contributed by atoms with Gasteiger partial charge in [0.2, 0.25) is 0 Å². The number of likely N-dealkylation sites (tertiary alicyclic amines) is 1. The lowest BCUT2D eigenvalue weighted by atomic mass is 9.97. The molecule has 2 aromatic carbocycles. The van der Waals surface area contributed by atoms with E-state index in [0.29, 0.717) is 32.5 Å². The predicted molar refractivity (Wildman–Crippen MR) is 133 cm³/mol. The van der Waals surface area contributed by atoms with Crippen LogP contribution in [0.4, 0.5) is 0 Å². The van der Waals surface area contributed by atoms with Gasteiger partial charge < -0.3 is 14.9 Å². The van der Waals surface area contributed by atoms with Crippen molar-refractivity contribution in [3.63, 3.8) is 0 Å². The second-order valence-corrected chi connectivity index (χ2v) is 12.6. The van der Waals surface area contributed by atoms with Crippen molar-refractivity contribution in [3.05, 3.63) is 76.9 Å². The summed E-state index contributed by atoms with van der Waals surface area (Å²) in [6, 6.07) is 14.9. The number of benzene rings is 2. The van der Waals surface area contributed by atoms with Gasteiger partial charge in [-0.05, 0) is 41.7 Å². The van der Waals surface area contributed by atoms with Gasteiger partial charge in [0.1, 0.15) is 6.10 Å². The normalized spacial score (nSPS) is 23.2. The third-order valence-corrected chi connectivity index (χ3v) is 10.3. The smallest absolute Gasteiger partial charge is 0.254 e. The second-order valence-electron chi connectivity index (χ2n) is 9.44. The van der Waals surface area contributed by atoms with Crippen molar-refractivity contribution in [1.82, 2.24) is 9.80 Å². The summed E-state index contributed by atoms with van der Waals surface area (Å²) in [4.78, 5) is 29.0. The van der Waals surface area contributed by atoms with Crippen LogP contribution in [0, 0.1) is 0 Å². The number of rotatable bonds is 5.